The molecule has 1 aliphatic heterocycles. The molecule has 3 aromatic heterocycles. The number of nitrogens with one attached hydrogen (secondary N) is 1. The summed E-state index contributed by atoms with van der Waals surface area (Å²) in [7, 11) is 1.56. The molecular weight excluding hydrogens is 461 g/mol. The minimum absolute atomic E-state index is 0.336. The molecule has 1 N–H and O–H groups in total. The number of fused-ring (bicyclic) bond motifs is 1. The summed E-state index contributed by atoms with van der Waals surface area (Å²) in [6, 6.07) is 6.96. The van der Waals surface area contributed by atoms with Crippen molar-refractivity contribution in [3.63, 3.8) is 0 Å². The first-order valence-electron chi connectivity index (χ1n) is 10.9. The minimum atomic E-state index is -0.779. The SMILES string of the molecule is COc1ccc(Cl)cc1-c1nn(CCN2CCC(F)C2)cc1NC(=O)c1cnn2cccnc12. The number of nitrogens with zero attached hydrogens (tertiary/aromatic N) is 6. The number of halogens is 2. The molecule has 0 saturated carbocycles. The van der Waals surface area contributed by atoms with Crippen LogP contribution in [0.5, 0.6) is 5.75 Å². The van der Waals surface area contributed by atoms with E-state index in [1.165, 1.54) is 10.7 Å². The first-order valence-corrected chi connectivity index (χ1v) is 11.3. The van der Waals surface area contributed by atoms with Crippen molar-refractivity contribution in [2.24, 2.45) is 0 Å². The van der Waals surface area contributed by atoms with Crippen LogP contribution in [0.15, 0.2) is 49.1 Å². The molecule has 1 saturated heterocycles. The maximum atomic E-state index is 13.5. The van der Waals surface area contributed by atoms with Crippen LogP contribution in [0, 0.1) is 0 Å². The molecule has 1 atom stereocenters. The van der Waals surface area contributed by atoms with Gasteiger partial charge in [-0.15, -0.1) is 0 Å². The topological polar surface area (TPSA) is 89.6 Å². The molecule has 1 amide bonds. The summed E-state index contributed by atoms with van der Waals surface area (Å²) < 4.78 is 22.3. The van der Waals surface area contributed by atoms with Crippen molar-refractivity contribution in [2.75, 3.05) is 32.1 Å². The highest BCUT2D eigenvalue weighted by molar-refractivity contribution is 6.31. The van der Waals surface area contributed by atoms with Crippen LogP contribution in [0.2, 0.25) is 5.02 Å². The number of likely N-dealkylation sites (tertiary alicyclic amines) is 1. The molecular formula is C23H23ClFN7O2. The zero-order valence-corrected chi connectivity index (χ0v) is 19.2. The van der Waals surface area contributed by atoms with Crippen molar-refractivity contribution in [1.29, 1.82) is 0 Å². The maximum Gasteiger partial charge on any atom is 0.261 e. The van der Waals surface area contributed by atoms with Crippen molar-refractivity contribution in [2.45, 2.75) is 19.1 Å². The first-order chi connectivity index (χ1) is 16.5. The van der Waals surface area contributed by atoms with Crippen LogP contribution in [0.1, 0.15) is 16.8 Å². The number of hydrogen-bond donors (Lipinski definition) is 1. The summed E-state index contributed by atoms with van der Waals surface area (Å²) in [4.78, 5) is 19.5. The standard InChI is InChI=1S/C23H23ClFN7O2/c1-34-20-4-3-15(24)11-17(20)21-19(14-31(29-21)10-9-30-8-5-16(25)13-30)28-23(33)18-12-27-32-7-2-6-26-22(18)32/h2-4,6-7,11-12,14,16H,5,8-10,13H2,1H3,(H,28,33). The molecule has 5 rings (SSSR count). The molecule has 0 spiro atoms. The second-order valence-electron chi connectivity index (χ2n) is 8.09. The van der Waals surface area contributed by atoms with E-state index in [-0.39, 0.29) is 5.91 Å². The lowest BCUT2D eigenvalue weighted by Crippen LogP contribution is -2.25. The Morgan fingerprint density at radius 2 is 2.24 bits per heavy atom. The molecule has 0 aliphatic carbocycles. The summed E-state index contributed by atoms with van der Waals surface area (Å²) >= 11 is 6.26. The number of hydrogen-bond acceptors (Lipinski definition) is 6. The van der Waals surface area contributed by atoms with Crippen LogP contribution >= 0.6 is 11.6 Å². The van der Waals surface area contributed by atoms with E-state index < -0.39 is 6.17 Å². The predicted molar refractivity (Wildman–Crippen MR) is 126 cm³/mol. The summed E-state index contributed by atoms with van der Waals surface area (Å²) in [6.45, 7) is 2.35. The molecule has 4 heterocycles. The zero-order valence-electron chi connectivity index (χ0n) is 18.5. The first kappa shape index (κ1) is 22.3. The van der Waals surface area contributed by atoms with Gasteiger partial charge in [0.05, 0.1) is 25.5 Å². The quantitative estimate of drug-likeness (QED) is 0.432. The molecule has 0 radical (unpaired) electrons. The number of methoxy groups -OCH3 is 1. The van der Waals surface area contributed by atoms with Crippen LogP contribution in [-0.4, -0.2) is 68.1 Å². The second-order valence-corrected chi connectivity index (χ2v) is 8.52. The molecule has 176 valence electrons. The lowest BCUT2D eigenvalue weighted by molar-refractivity contribution is 0.102. The number of rotatable bonds is 7. The van der Waals surface area contributed by atoms with Gasteiger partial charge < -0.3 is 10.1 Å². The van der Waals surface area contributed by atoms with Gasteiger partial charge in [-0.2, -0.15) is 10.2 Å². The molecule has 1 aromatic carbocycles. The van der Waals surface area contributed by atoms with Crippen molar-refractivity contribution < 1.29 is 13.9 Å². The van der Waals surface area contributed by atoms with Crippen molar-refractivity contribution in [1.82, 2.24) is 29.3 Å². The highest BCUT2D eigenvalue weighted by Crippen LogP contribution is 2.36. The van der Waals surface area contributed by atoms with Crippen molar-refractivity contribution >= 4 is 28.8 Å². The number of alkyl halides is 1. The maximum absolute atomic E-state index is 13.5. The Balaban J connectivity index is 1.47. The number of ether oxygens (including phenoxy) is 1. The lowest BCUT2D eigenvalue weighted by Gasteiger charge is -2.14. The normalized spacial score (nSPS) is 16.3. The Kier molecular flexibility index (Phi) is 6.16. The Bertz CT molecular complexity index is 1340. The summed E-state index contributed by atoms with van der Waals surface area (Å²) in [5, 5.41) is 12.4. The average molecular weight is 484 g/mol. The third kappa shape index (κ3) is 4.46. The third-order valence-electron chi connectivity index (χ3n) is 5.81. The Morgan fingerprint density at radius 1 is 1.35 bits per heavy atom. The Morgan fingerprint density at radius 3 is 3.03 bits per heavy atom. The number of amides is 1. The minimum Gasteiger partial charge on any atom is -0.496 e. The van der Waals surface area contributed by atoms with E-state index in [4.69, 9.17) is 21.4 Å². The van der Waals surface area contributed by atoms with E-state index in [1.807, 2.05) is 0 Å². The van der Waals surface area contributed by atoms with Gasteiger partial charge in [0.25, 0.3) is 5.91 Å². The van der Waals surface area contributed by atoms with Gasteiger partial charge in [-0.1, -0.05) is 11.6 Å². The van der Waals surface area contributed by atoms with Gasteiger partial charge in [-0.25, -0.2) is 13.9 Å². The fourth-order valence-electron chi connectivity index (χ4n) is 4.10. The average Bonchev–Trinajstić information content (AvgIpc) is 3.56. The van der Waals surface area contributed by atoms with E-state index in [1.54, 1.807) is 54.6 Å². The fraction of sp³-hybridized carbons (Fsp3) is 0.304. The van der Waals surface area contributed by atoms with E-state index in [2.05, 4.69) is 20.3 Å². The van der Waals surface area contributed by atoms with Gasteiger partial charge in [-0.05, 0) is 30.7 Å². The van der Waals surface area contributed by atoms with E-state index in [0.29, 0.717) is 65.0 Å². The summed E-state index contributed by atoms with van der Waals surface area (Å²) in [5.74, 6) is 0.206. The van der Waals surface area contributed by atoms with Crippen molar-refractivity contribution in [3.05, 3.63) is 59.6 Å². The molecule has 9 nitrogen and oxygen atoms in total. The monoisotopic (exact) mass is 483 g/mol. The zero-order chi connectivity index (χ0) is 23.7. The van der Waals surface area contributed by atoms with Gasteiger partial charge >= 0.3 is 0 Å². The van der Waals surface area contributed by atoms with E-state index in [9.17, 15) is 9.18 Å². The number of benzene rings is 1. The molecule has 1 fully saturated rings. The van der Waals surface area contributed by atoms with Gasteiger partial charge in [0, 0.05) is 48.8 Å². The van der Waals surface area contributed by atoms with Gasteiger partial charge in [0.2, 0.25) is 0 Å². The smallest absolute Gasteiger partial charge is 0.261 e. The van der Waals surface area contributed by atoms with E-state index in [0.717, 1.165) is 6.54 Å². The summed E-state index contributed by atoms with van der Waals surface area (Å²) in [5.41, 5.74) is 2.44. The number of carbonyl (C=O) groups is 1. The van der Waals surface area contributed by atoms with Crippen LogP contribution < -0.4 is 10.1 Å². The number of aromatic nitrogens is 5. The molecule has 1 aliphatic rings. The van der Waals surface area contributed by atoms with E-state index >= 15 is 0 Å². The lowest BCUT2D eigenvalue weighted by atomic mass is 10.1. The van der Waals surface area contributed by atoms with Crippen LogP contribution in [0.3, 0.4) is 0 Å². The summed E-state index contributed by atoms with van der Waals surface area (Å²) in [6.07, 6.45) is 6.34. The molecule has 34 heavy (non-hydrogen) atoms. The highest BCUT2D eigenvalue weighted by Gasteiger charge is 2.23. The van der Waals surface area contributed by atoms with Gasteiger partial charge in [0.15, 0.2) is 5.65 Å². The molecule has 1 unspecified atom stereocenters. The molecule has 11 heteroatoms. The largest absolute Gasteiger partial charge is 0.496 e. The Labute approximate surface area is 200 Å². The Hall–Kier alpha value is -3.50. The molecule has 0 bridgehead atoms. The van der Waals surface area contributed by atoms with Crippen molar-refractivity contribution in [3.8, 4) is 17.0 Å². The van der Waals surface area contributed by atoms with Crippen LogP contribution in [0.4, 0.5) is 10.1 Å². The fourth-order valence-corrected chi connectivity index (χ4v) is 4.27. The number of carbonyl (C=O) groups excluding carboxylic acids is 1. The van der Waals surface area contributed by atoms with Gasteiger partial charge in [-0.3, -0.25) is 14.4 Å². The third-order valence-corrected chi connectivity index (χ3v) is 6.05. The predicted octanol–water partition coefficient (Wildman–Crippen LogP) is 3.55. The van der Waals surface area contributed by atoms with Gasteiger partial charge in [0.1, 0.15) is 23.2 Å². The van der Waals surface area contributed by atoms with Crippen LogP contribution in [-0.2, 0) is 6.54 Å². The molecule has 4 aromatic rings. The van der Waals surface area contributed by atoms with Crippen LogP contribution in [0.25, 0.3) is 16.9 Å². The number of anilines is 1. The highest BCUT2D eigenvalue weighted by atomic mass is 35.5. The second kappa shape index (κ2) is 9.40.